The summed E-state index contributed by atoms with van der Waals surface area (Å²) in [5.41, 5.74) is 1.17. The van der Waals surface area contributed by atoms with Crippen molar-refractivity contribution >= 4 is 11.9 Å². The molecule has 0 spiro atoms. The number of aromatic nitrogens is 3. The van der Waals surface area contributed by atoms with E-state index in [-0.39, 0.29) is 11.3 Å². The Balaban J connectivity index is 1.29. The molecule has 0 radical (unpaired) electrons. The van der Waals surface area contributed by atoms with Crippen LogP contribution < -0.4 is 0 Å². The summed E-state index contributed by atoms with van der Waals surface area (Å²) in [5.74, 6) is 4.00. The van der Waals surface area contributed by atoms with Crippen molar-refractivity contribution in [3.63, 3.8) is 0 Å². The van der Waals surface area contributed by atoms with Gasteiger partial charge in [-0.3, -0.25) is 4.79 Å². The molecule has 0 amide bonds. The Hall–Kier alpha value is -1.53. The Kier molecular flexibility index (Phi) is 6.05. The number of aryl methyl sites for hydroxylation is 1. The molecule has 4 aliphatic carbocycles. The van der Waals surface area contributed by atoms with Gasteiger partial charge in [0, 0.05) is 13.0 Å². The second-order valence-electron chi connectivity index (χ2n) is 11.9. The zero-order valence-corrected chi connectivity index (χ0v) is 20.6. The maximum atomic E-state index is 13.5. The SMILES string of the molecule is C=Cc1c(C)nnn1CC(=O)[C@H]1CC[C@H]2[C@@H]3CC[C@@H]4C[C@@](O)(COC)CC[C@@H]4[C@H]3CC[C@]12C. The highest BCUT2D eigenvalue weighted by atomic mass is 16.5. The normalized spacial score (nSPS) is 42.3. The monoisotopic (exact) mass is 455 g/mol. The molecule has 0 aromatic carbocycles. The lowest BCUT2D eigenvalue weighted by molar-refractivity contribution is -0.136. The number of rotatable bonds is 6. The summed E-state index contributed by atoms with van der Waals surface area (Å²) in [6, 6.07) is 0. The lowest BCUT2D eigenvalue weighted by atomic mass is 9.49. The first-order valence-electron chi connectivity index (χ1n) is 13.1. The summed E-state index contributed by atoms with van der Waals surface area (Å²) in [5, 5.41) is 19.3. The van der Waals surface area contributed by atoms with Crippen LogP contribution in [0.2, 0.25) is 0 Å². The lowest BCUT2D eigenvalue weighted by Crippen LogP contribution is -2.52. The predicted octanol–water partition coefficient (Wildman–Crippen LogP) is 4.44. The quantitative estimate of drug-likeness (QED) is 0.686. The molecule has 182 valence electrons. The number of ketones is 1. The minimum absolute atomic E-state index is 0.112. The molecule has 4 fully saturated rings. The molecule has 4 saturated carbocycles. The molecule has 6 heteroatoms. The highest BCUT2D eigenvalue weighted by Crippen LogP contribution is 2.64. The summed E-state index contributed by atoms with van der Waals surface area (Å²) in [6.45, 7) is 8.97. The standard InChI is InChI=1S/C27H41N3O3/c1-5-24-17(2)28-29-30(24)15-25(31)23-9-8-22-21-7-6-18-14-27(32,16-33-4)13-11-19(18)20(21)10-12-26(22,23)3/h5,18-23,32H,1,6-16H2,2-4H3/t18-,19+,20-,21-,22+,23-,26+,27-/m1/s1. The molecule has 0 aliphatic heterocycles. The lowest BCUT2D eigenvalue weighted by Gasteiger charge is -2.57. The Labute approximate surface area is 198 Å². The van der Waals surface area contributed by atoms with Crippen LogP contribution >= 0.6 is 0 Å². The first kappa shape index (κ1) is 23.2. The smallest absolute Gasteiger partial charge is 0.157 e. The fourth-order valence-corrected chi connectivity index (χ4v) is 8.93. The molecule has 1 heterocycles. The average Bonchev–Trinajstić information content (AvgIpc) is 3.32. The van der Waals surface area contributed by atoms with Crippen molar-refractivity contribution in [2.24, 2.45) is 40.9 Å². The third kappa shape index (κ3) is 3.81. The third-order valence-electron chi connectivity index (χ3n) is 10.4. The van der Waals surface area contributed by atoms with Crippen molar-refractivity contribution in [3.05, 3.63) is 18.0 Å². The highest BCUT2D eigenvalue weighted by Gasteiger charge is 2.59. The van der Waals surface area contributed by atoms with E-state index < -0.39 is 5.60 Å². The predicted molar refractivity (Wildman–Crippen MR) is 127 cm³/mol. The number of ether oxygens (including phenoxy) is 1. The van der Waals surface area contributed by atoms with E-state index in [0.29, 0.717) is 30.8 Å². The number of methoxy groups -OCH3 is 1. The van der Waals surface area contributed by atoms with Crippen LogP contribution in [0.15, 0.2) is 6.58 Å². The van der Waals surface area contributed by atoms with Gasteiger partial charge in [-0.15, -0.1) is 5.10 Å². The van der Waals surface area contributed by atoms with E-state index in [1.807, 2.05) is 6.92 Å². The van der Waals surface area contributed by atoms with Crippen molar-refractivity contribution in [1.82, 2.24) is 15.0 Å². The fourth-order valence-electron chi connectivity index (χ4n) is 8.93. The van der Waals surface area contributed by atoms with E-state index in [9.17, 15) is 9.90 Å². The van der Waals surface area contributed by atoms with Crippen molar-refractivity contribution in [2.75, 3.05) is 13.7 Å². The average molecular weight is 456 g/mol. The zero-order valence-electron chi connectivity index (χ0n) is 20.6. The van der Waals surface area contributed by atoms with E-state index in [1.165, 1.54) is 25.7 Å². The van der Waals surface area contributed by atoms with Gasteiger partial charge in [-0.1, -0.05) is 18.7 Å². The van der Waals surface area contributed by atoms with Crippen LogP contribution in [-0.2, 0) is 16.1 Å². The molecule has 8 atom stereocenters. The van der Waals surface area contributed by atoms with Gasteiger partial charge in [-0.05, 0) is 106 Å². The van der Waals surface area contributed by atoms with E-state index >= 15 is 0 Å². The maximum Gasteiger partial charge on any atom is 0.157 e. The molecule has 1 N–H and O–H groups in total. The molecule has 0 unspecified atom stereocenters. The summed E-state index contributed by atoms with van der Waals surface area (Å²) >= 11 is 0. The molecule has 33 heavy (non-hydrogen) atoms. The first-order chi connectivity index (χ1) is 15.8. The molecular formula is C27H41N3O3. The number of hydrogen-bond acceptors (Lipinski definition) is 5. The number of fused-ring (bicyclic) bond motifs is 5. The van der Waals surface area contributed by atoms with Gasteiger partial charge < -0.3 is 9.84 Å². The van der Waals surface area contributed by atoms with E-state index in [4.69, 9.17) is 4.74 Å². The summed E-state index contributed by atoms with van der Waals surface area (Å²) < 4.78 is 7.07. The van der Waals surface area contributed by atoms with Crippen LogP contribution in [0.25, 0.3) is 6.08 Å². The van der Waals surface area contributed by atoms with Crippen molar-refractivity contribution < 1.29 is 14.6 Å². The van der Waals surface area contributed by atoms with E-state index in [0.717, 1.165) is 61.2 Å². The van der Waals surface area contributed by atoms with Gasteiger partial charge >= 0.3 is 0 Å². The molecule has 4 aliphatic rings. The van der Waals surface area contributed by atoms with Crippen LogP contribution in [0.3, 0.4) is 0 Å². The fraction of sp³-hybridized carbons (Fsp3) is 0.815. The van der Waals surface area contributed by atoms with Crippen molar-refractivity contribution in [2.45, 2.75) is 83.8 Å². The van der Waals surface area contributed by atoms with Crippen LogP contribution in [0, 0.1) is 47.8 Å². The maximum absolute atomic E-state index is 13.5. The summed E-state index contributed by atoms with van der Waals surface area (Å²) in [7, 11) is 1.70. The Bertz CT molecular complexity index is 912. The number of aliphatic hydroxyl groups is 1. The van der Waals surface area contributed by atoms with Gasteiger partial charge in [-0.2, -0.15) is 0 Å². The third-order valence-corrected chi connectivity index (χ3v) is 10.4. The van der Waals surface area contributed by atoms with Gasteiger partial charge in [-0.25, -0.2) is 4.68 Å². The van der Waals surface area contributed by atoms with Gasteiger partial charge in [0.05, 0.1) is 23.6 Å². The molecule has 5 rings (SSSR count). The molecular weight excluding hydrogens is 414 g/mol. The van der Waals surface area contributed by atoms with Crippen molar-refractivity contribution in [3.8, 4) is 0 Å². The zero-order chi connectivity index (χ0) is 23.4. The number of nitrogens with zero attached hydrogens (tertiary/aromatic N) is 3. The molecule has 0 bridgehead atoms. The number of hydrogen-bond donors (Lipinski definition) is 1. The summed E-state index contributed by atoms with van der Waals surface area (Å²) in [6.07, 6.45) is 11.8. The number of Topliss-reactive ketones (excluding diaryl/α,β-unsaturated/α-hetero) is 1. The molecule has 0 saturated heterocycles. The van der Waals surface area contributed by atoms with Gasteiger partial charge in [0.1, 0.15) is 6.54 Å². The molecule has 6 nitrogen and oxygen atoms in total. The second-order valence-corrected chi connectivity index (χ2v) is 11.9. The van der Waals surface area contributed by atoms with E-state index in [2.05, 4.69) is 23.8 Å². The van der Waals surface area contributed by atoms with Crippen LogP contribution in [0.4, 0.5) is 0 Å². The summed E-state index contributed by atoms with van der Waals surface area (Å²) in [4.78, 5) is 13.5. The van der Waals surface area contributed by atoms with Crippen LogP contribution in [-0.4, -0.2) is 45.2 Å². The largest absolute Gasteiger partial charge is 0.387 e. The van der Waals surface area contributed by atoms with E-state index in [1.54, 1.807) is 17.9 Å². The number of carbonyl (C=O) groups is 1. The first-order valence-corrected chi connectivity index (χ1v) is 13.1. The van der Waals surface area contributed by atoms with Gasteiger partial charge in [0.25, 0.3) is 0 Å². The minimum Gasteiger partial charge on any atom is -0.387 e. The van der Waals surface area contributed by atoms with Crippen LogP contribution in [0.1, 0.15) is 76.1 Å². The molecule has 1 aromatic rings. The van der Waals surface area contributed by atoms with Crippen molar-refractivity contribution in [1.29, 1.82) is 0 Å². The van der Waals surface area contributed by atoms with Crippen LogP contribution in [0.5, 0.6) is 0 Å². The topological polar surface area (TPSA) is 77.2 Å². The second kappa shape index (κ2) is 8.60. The highest BCUT2D eigenvalue weighted by molar-refractivity contribution is 5.82. The van der Waals surface area contributed by atoms with Gasteiger partial charge in [0.15, 0.2) is 5.78 Å². The Morgan fingerprint density at radius 3 is 2.73 bits per heavy atom. The molecule has 1 aromatic heterocycles. The van der Waals surface area contributed by atoms with Gasteiger partial charge in [0.2, 0.25) is 0 Å². The minimum atomic E-state index is -0.624. The number of carbonyl (C=O) groups excluding carboxylic acids is 1. The Morgan fingerprint density at radius 2 is 1.97 bits per heavy atom. The Morgan fingerprint density at radius 1 is 1.18 bits per heavy atom.